The molecule has 0 saturated heterocycles. The summed E-state index contributed by atoms with van der Waals surface area (Å²) < 4.78 is 0.833. The molecule has 2 amide bonds. The van der Waals surface area contributed by atoms with E-state index < -0.39 is 11.6 Å². The molecule has 0 radical (unpaired) electrons. The molecule has 202 valence electrons. The van der Waals surface area contributed by atoms with Gasteiger partial charge in [-0.3, -0.25) is 9.59 Å². The third-order valence-corrected chi connectivity index (χ3v) is 8.74. The molecule has 0 aliphatic heterocycles. The number of aromatic amines is 1. The van der Waals surface area contributed by atoms with Crippen LogP contribution in [0.25, 0.3) is 0 Å². The van der Waals surface area contributed by atoms with Gasteiger partial charge in [-0.05, 0) is 106 Å². The van der Waals surface area contributed by atoms with Gasteiger partial charge in [0.15, 0.2) is 0 Å². The number of amides is 2. The highest BCUT2D eigenvalue weighted by molar-refractivity contribution is 9.10. The van der Waals surface area contributed by atoms with E-state index in [9.17, 15) is 19.5 Å². The van der Waals surface area contributed by atoms with Gasteiger partial charge in [0.1, 0.15) is 0 Å². The fraction of sp³-hybridized carbons (Fsp3) is 0.536. The molecule has 1 heterocycles. The number of H-pyrrole nitrogens is 1. The van der Waals surface area contributed by atoms with Crippen LogP contribution in [0.3, 0.4) is 0 Å². The lowest BCUT2D eigenvalue weighted by Crippen LogP contribution is -2.53. The number of benzene rings is 1. The Kier molecular flexibility index (Phi) is 8.78. The van der Waals surface area contributed by atoms with Gasteiger partial charge in [-0.2, -0.15) is 0 Å². The van der Waals surface area contributed by atoms with Crippen LogP contribution in [0.2, 0.25) is 0 Å². The first-order valence-electron chi connectivity index (χ1n) is 12.7. The summed E-state index contributed by atoms with van der Waals surface area (Å²) in [4.78, 5) is 44.1. The molecule has 8 nitrogen and oxygen atoms in total. The molecular weight excluding hydrogens is 536 g/mol. The maximum Gasteiger partial charge on any atom is 0.407 e. The largest absolute Gasteiger partial charge is 0.465 e. The number of rotatable bonds is 6. The molecule has 3 N–H and O–H groups in total. The normalized spacial score (nSPS) is 17.8. The van der Waals surface area contributed by atoms with E-state index in [2.05, 4.69) is 31.1 Å². The summed E-state index contributed by atoms with van der Waals surface area (Å²) in [7, 11) is 2.04. The first kappa shape index (κ1) is 28.8. The summed E-state index contributed by atoms with van der Waals surface area (Å²) in [6.45, 7) is 11.6. The average Bonchev–Trinajstić information content (AvgIpc) is 2.81. The Balaban J connectivity index is 1.72. The zero-order valence-electron chi connectivity index (χ0n) is 22.9. The molecule has 3 rings (SSSR count). The number of hydrogen-bond acceptors (Lipinski definition) is 4. The lowest BCUT2D eigenvalue weighted by molar-refractivity contribution is 0.0547. The molecule has 0 bridgehead atoms. The summed E-state index contributed by atoms with van der Waals surface area (Å²) in [6, 6.07) is 5.97. The molecule has 1 saturated carbocycles. The van der Waals surface area contributed by atoms with Crippen molar-refractivity contribution in [3.8, 4) is 0 Å². The fourth-order valence-electron chi connectivity index (χ4n) is 5.50. The van der Waals surface area contributed by atoms with Crippen LogP contribution in [-0.4, -0.2) is 51.7 Å². The van der Waals surface area contributed by atoms with E-state index in [1.165, 1.54) is 0 Å². The average molecular weight is 576 g/mol. The topological polar surface area (TPSA) is 106 Å². The predicted molar refractivity (Wildman–Crippen MR) is 151 cm³/mol. The van der Waals surface area contributed by atoms with Crippen LogP contribution in [-0.2, 0) is 6.54 Å². The van der Waals surface area contributed by atoms with Gasteiger partial charge in [-0.15, -0.1) is 0 Å². The maximum atomic E-state index is 13.1. The minimum absolute atomic E-state index is 0.00813. The molecule has 37 heavy (non-hydrogen) atoms. The first-order chi connectivity index (χ1) is 17.2. The van der Waals surface area contributed by atoms with Crippen LogP contribution in [0.4, 0.5) is 10.5 Å². The molecule has 9 heteroatoms. The smallest absolute Gasteiger partial charge is 0.407 e. The van der Waals surface area contributed by atoms with Gasteiger partial charge in [-0.25, -0.2) is 4.79 Å². The number of anilines is 1. The number of nitrogens with zero attached hydrogens (tertiary/aromatic N) is 2. The Morgan fingerprint density at radius 1 is 1.08 bits per heavy atom. The Hall–Kier alpha value is -2.81. The molecule has 0 atom stereocenters. The minimum atomic E-state index is -0.867. The molecule has 1 aromatic carbocycles. The number of nitrogens with one attached hydrogen (secondary N) is 2. The number of carbonyl (C=O) groups excluding carboxylic acids is 1. The number of carbonyl (C=O) groups is 2. The van der Waals surface area contributed by atoms with Crippen LogP contribution in [0.1, 0.15) is 79.2 Å². The molecule has 1 fully saturated rings. The van der Waals surface area contributed by atoms with Crippen molar-refractivity contribution < 1.29 is 14.7 Å². The first-order valence-corrected chi connectivity index (χ1v) is 13.5. The third-order valence-electron chi connectivity index (χ3n) is 7.55. The fourth-order valence-corrected chi connectivity index (χ4v) is 5.84. The number of hydrogen-bond donors (Lipinski definition) is 3. The summed E-state index contributed by atoms with van der Waals surface area (Å²) in [5.41, 5.74) is 3.89. The van der Waals surface area contributed by atoms with Gasteiger partial charge >= 0.3 is 6.09 Å². The van der Waals surface area contributed by atoms with E-state index in [1.54, 1.807) is 11.0 Å². The zero-order chi connectivity index (χ0) is 27.7. The van der Waals surface area contributed by atoms with E-state index in [0.29, 0.717) is 11.1 Å². The summed E-state index contributed by atoms with van der Waals surface area (Å²) >= 11 is 3.50. The number of pyridine rings is 1. The monoisotopic (exact) mass is 574 g/mol. The summed E-state index contributed by atoms with van der Waals surface area (Å²) in [5.74, 6) is -0.228. The van der Waals surface area contributed by atoms with Gasteiger partial charge in [0, 0.05) is 58.2 Å². The number of carboxylic acid groups (broad SMARTS) is 1. The zero-order valence-corrected chi connectivity index (χ0v) is 24.5. The summed E-state index contributed by atoms with van der Waals surface area (Å²) in [6.07, 6.45) is 2.49. The van der Waals surface area contributed by atoms with Crippen molar-refractivity contribution in [2.45, 2.75) is 91.4 Å². The molecule has 0 unspecified atom stereocenters. The van der Waals surface area contributed by atoms with Crippen molar-refractivity contribution in [2.75, 3.05) is 11.9 Å². The molecule has 0 spiro atoms. The molecule has 2 aromatic rings. The summed E-state index contributed by atoms with van der Waals surface area (Å²) in [5, 5.41) is 12.7. The van der Waals surface area contributed by atoms with Crippen LogP contribution in [0.5, 0.6) is 0 Å². The van der Waals surface area contributed by atoms with Gasteiger partial charge in [0.05, 0.1) is 0 Å². The lowest BCUT2D eigenvalue weighted by atomic mass is 9.87. The van der Waals surface area contributed by atoms with Gasteiger partial charge in [-0.1, -0.05) is 6.07 Å². The highest BCUT2D eigenvalue weighted by Gasteiger charge is 2.36. The quantitative estimate of drug-likeness (QED) is 0.421. The predicted octanol–water partition coefficient (Wildman–Crippen LogP) is 5.52. The van der Waals surface area contributed by atoms with E-state index in [4.69, 9.17) is 0 Å². The minimum Gasteiger partial charge on any atom is -0.465 e. The second-order valence-corrected chi connectivity index (χ2v) is 11.8. The number of halogens is 1. The molecular formula is C28H39BrN4O4. The standard InChI is InChI=1S/C28H39BrN4O4/c1-16-21(25(34)30-15-22-17(2)24(29)18(3)31-26(22)35)9-8-10-23(16)32(7)19-11-13-20(14-12-19)33(27(36)37)28(4,5)6/h8-10,19-20H,11-15H2,1-7H3,(H,30,34)(H,31,35)(H,36,37). The van der Waals surface area contributed by atoms with E-state index in [1.807, 2.05) is 60.7 Å². The lowest BCUT2D eigenvalue weighted by Gasteiger charge is -2.44. The SMILES string of the molecule is Cc1[nH]c(=O)c(CNC(=O)c2cccc(N(C)C3CCC(N(C(=O)O)C(C)(C)C)CC3)c2C)c(C)c1Br. The van der Waals surface area contributed by atoms with Crippen molar-refractivity contribution in [2.24, 2.45) is 0 Å². The van der Waals surface area contributed by atoms with Crippen LogP contribution >= 0.6 is 15.9 Å². The van der Waals surface area contributed by atoms with E-state index in [-0.39, 0.29) is 30.1 Å². The Morgan fingerprint density at radius 2 is 1.68 bits per heavy atom. The van der Waals surface area contributed by atoms with Crippen molar-refractivity contribution in [3.63, 3.8) is 0 Å². The van der Waals surface area contributed by atoms with E-state index in [0.717, 1.165) is 52.7 Å². The molecule has 1 aromatic heterocycles. The molecule has 1 aliphatic carbocycles. The van der Waals surface area contributed by atoms with Crippen molar-refractivity contribution in [3.05, 3.63) is 61.0 Å². The number of aryl methyl sites for hydroxylation is 1. The van der Waals surface area contributed by atoms with E-state index >= 15 is 0 Å². The Labute approximate surface area is 227 Å². The van der Waals surface area contributed by atoms with Crippen molar-refractivity contribution >= 4 is 33.6 Å². The second-order valence-electron chi connectivity index (χ2n) is 11.0. The van der Waals surface area contributed by atoms with Crippen molar-refractivity contribution in [1.82, 2.24) is 15.2 Å². The highest BCUT2D eigenvalue weighted by atomic mass is 79.9. The van der Waals surface area contributed by atoms with Gasteiger partial charge in [0.2, 0.25) is 0 Å². The maximum absolute atomic E-state index is 13.1. The van der Waals surface area contributed by atoms with Gasteiger partial charge in [0.25, 0.3) is 11.5 Å². The highest BCUT2D eigenvalue weighted by Crippen LogP contribution is 2.33. The Morgan fingerprint density at radius 3 is 2.24 bits per heavy atom. The number of aromatic nitrogens is 1. The Bertz CT molecular complexity index is 1230. The van der Waals surface area contributed by atoms with Crippen LogP contribution in [0, 0.1) is 20.8 Å². The molecule has 1 aliphatic rings. The van der Waals surface area contributed by atoms with Crippen LogP contribution < -0.4 is 15.8 Å². The third kappa shape index (κ3) is 6.20. The van der Waals surface area contributed by atoms with Crippen molar-refractivity contribution in [1.29, 1.82) is 0 Å². The van der Waals surface area contributed by atoms with Crippen LogP contribution in [0.15, 0.2) is 27.5 Å². The second kappa shape index (κ2) is 11.3. The van der Waals surface area contributed by atoms with Gasteiger partial charge < -0.3 is 25.2 Å².